The van der Waals surface area contributed by atoms with Crippen molar-refractivity contribution >= 4 is 23.5 Å². The van der Waals surface area contributed by atoms with Crippen LogP contribution in [0.4, 0.5) is 13.2 Å². The van der Waals surface area contributed by atoms with Crippen LogP contribution in [-0.2, 0) is 16.0 Å². The van der Waals surface area contributed by atoms with Crippen molar-refractivity contribution in [2.75, 3.05) is 19.6 Å². The van der Waals surface area contributed by atoms with Gasteiger partial charge < -0.3 is 15.2 Å². The van der Waals surface area contributed by atoms with Gasteiger partial charge in [0.25, 0.3) is 0 Å². The summed E-state index contributed by atoms with van der Waals surface area (Å²) in [5.74, 6) is -1.42. The number of hydrogen-bond acceptors (Lipinski definition) is 4. The average molecular weight is 501 g/mol. The number of halogens is 4. The minimum atomic E-state index is -4.76. The molecule has 0 aliphatic carbocycles. The lowest BCUT2D eigenvalue weighted by molar-refractivity contribution is -0.274. The molecule has 2 aromatic carbocycles. The second-order valence-corrected chi connectivity index (χ2v) is 8.27. The van der Waals surface area contributed by atoms with E-state index in [1.54, 1.807) is 0 Å². The molecule has 0 spiro atoms. The fourth-order valence-corrected chi connectivity index (χ4v) is 3.58. The highest BCUT2D eigenvalue weighted by Crippen LogP contribution is 2.24. The smallest absolute Gasteiger partial charge is 0.481 e. The Balaban J connectivity index is 1.82. The number of benzene rings is 2. The number of nitrogens with one attached hydrogen (secondary N) is 1. The van der Waals surface area contributed by atoms with E-state index in [1.807, 2.05) is 31.2 Å². The van der Waals surface area contributed by atoms with Gasteiger partial charge in [-0.05, 0) is 61.7 Å². The second kappa shape index (κ2) is 13.2. The molecule has 0 saturated heterocycles. The van der Waals surface area contributed by atoms with Crippen LogP contribution in [0.2, 0.25) is 5.02 Å². The highest BCUT2D eigenvalue weighted by Gasteiger charge is 2.31. The fourth-order valence-electron chi connectivity index (χ4n) is 3.45. The molecule has 2 N–H and O–H groups in total. The summed E-state index contributed by atoms with van der Waals surface area (Å²) in [6, 6.07) is 12.7. The molecular weight excluding hydrogens is 473 g/mol. The normalized spacial score (nSPS) is 12.4. The number of aliphatic carboxylic acids is 1. The van der Waals surface area contributed by atoms with Crippen LogP contribution in [0.3, 0.4) is 0 Å². The third-order valence-corrected chi connectivity index (χ3v) is 5.45. The number of hydrogen-bond donors (Lipinski definition) is 2. The molecule has 0 aromatic heterocycles. The van der Waals surface area contributed by atoms with Crippen LogP contribution >= 0.6 is 11.6 Å². The van der Waals surface area contributed by atoms with Gasteiger partial charge in [-0.2, -0.15) is 0 Å². The third kappa shape index (κ3) is 10.4. The molecule has 0 fully saturated rings. The van der Waals surface area contributed by atoms with E-state index in [4.69, 9.17) is 16.7 Å². The van der Waals surface area contributed by atoms with Crippen LogP contribution in [0, 0.1) is 0 Å². The van der Waals surface area contributed by atoms with Crippen molar-refractivity contribution in [1.82, 2.24) is 10.2 Å². The molecule has 0 radical (unpaired) electrons. The first-order valence-corrected chi connectivity index (χ1v) is 11.2. The first-order valence-electron chi connectivity index (χ1n) is 10.9. The van der Waals surface area contributed by atoms with Gasteiger partial charge in [-0.3, -0.25) is 14.5 Å². The van der Waals surface area contributed by atoms with Crippen molar-refractivity contribution in [3.05, 3.63) is 64.7 Å². The molecule has 10 heteroatoms. The van der Waals surface area contributed by atoms with E-state index in [0.29, 0.717) is 43.1 Å². The van der Waals surface area contributed by atoms with Gasteiger partial charge in [0.15, 0.2) is 0 Å². The van der Waals surface area contributed by atoms with Gasteiger partial charge in [-0.1, -0.05) is 35.9 Å². The fraction of sp³-hybridized carbons (Fsp3) is 0.417. The Morgan fingerprint density at radius 3 is 2.26 bits per heavy atom. The molecule has 2 aromatic rings. The Morgan fingerprint density at radius 1 is 1.06 bits per heavy atom. The Kier molecular flexibility index (Phi) is 10.7. The van der Waals surface area contributed by atoms with Crippen LogP contribution in [0.1, 0.15) is 43.4 Å². The number of nitrogens with zero attached hydrogens (tertiary/aromatic N) is 1. The third-order valence-electron chi connectivity index (χ3n) is 5.20. The average Bonchev–Trinajstić information content (AvgIpc) is 2.75. The number of alkyl halides is 3. The molecule has 186 valence electrons. The number of carbonyl (C=O) groups excluding carboxylic acids is 1. The number of amides is 1. The zero-order valence-corrected chi connectivity index (χ0v) is 19.5. The monoisotopic (exact) mass is 500 g/mol. The first-order chi connectivity index (χ1) is 16.0. The summed E-state index contributed by atoms with van der Waals surface area (Å²) in [5.41, 5.74) is 1.63. The molecule has 0 aliphatic rings. The molecule has 0 saturated carbocycles. The molecule has 2 rings (SSSR count). The lowest BCUT2D eigenvalue weighted by Gasteiger charge is -2.29. The minimum absolute atomic E-state index is 0.0375. The van der Waals surface area contributed by atoms with E-state index in [9.17, 15) is 22.8 Å². The first kappa shape index (κ1) is 27.5. The maximum Gasteiger partial charge on any atom is 0.573 e. The van der Waals surface area contributed by atoms with Gasteiger partial charge in [-0.25, -0.2) is 0 Å². The van der Waals surface area contributed by atoms with Gasteiger partial charge in [0.2, 0.25) is 5.91 Å². The van der Waals surface area contributed by atoms with Gasteiger partial charge in [0.1, 0.15) is 5.75 Å². The number of rotatable bonds is 13. The molecule has 1 unspecified atom stereocenters. The SMILES string of the molecule is CC(c1ccc(Cl)cc1)N(CCCNC(=O)Cc1ccc(OC(F)(F)F)cc1)CCCC(=O)O. The van der Waals surface area contributed by atoms with Crippen molar-refractivity contribution in [1.29, 1.82) is 0 Å². The Morgan fingerprint density at radius 2 is 1.68 bits per heavy atom. The van der Waals surface area contributed by atoms with E-state index < -0.39 is 12.3 Å². The van der Waals surface area contributed by atoms with E-state index >= 15 is 0 Å². The topological polar surface area (TPSA) is 78.9 Å². The van der Waals surface area contributed by atoms with Crippen molar-refractivity contribution < 1.29 is 32.6 Å². The lowest BCUT2D eigenvalue weighted by Crippen LogP contribution is -2.33. The van der Waals surface area contributed by atoms with Gasteiger partial charge in [0, 0.05) is 30.6 Å². The number of ether oxygens (including phenoxy) is 1. The van der Waals surface area contributed by atoms with Crippen LogP contribution < -0.4 is 10.1 Å². The zero-order valence-electron chi connectivity index (χ0n) is 18.8. The second-order valence-electron chi connectivity index (χ2n) is 7.83. The molecular formula is C24H28ClF3N2O4. The number of carboxylic acid groups (broad SMARTS) is 1. The van der Waals surface area contributed by atoms with E-state index in [-0.39, 0.29) is 30.5 Å². The summed E-state index contributed by atoms with van der Waals surface area (Å²) in [6.07, 6.45) is -3.49. The molecule has 6 nitrogen and oxygen atoms in total. The molecule has 0 heterocycles. The summed E-state index contributed by atoms with van der Waals surface area (Å²) in [4.78, 5) is 25.2. The molecule has 1 amide bonds. The summed E-state index contributed by atoms with van der Waals surface area (Å²) in [7, 11) is 0. The lowest BCUT2D eigenvalue weighted by atomic mass is 10.1. The predicted octanol–water partition coefficient (Wildman–Crippen LogP) is 5.22. The largest absolute Gasteiger partial charge is 0.573 e. The van der Waals surface area contributed by atoms with Crippen molar-refractivity contribution in [3.63, 3.8) is 0 Å². The van der Waals surface area contributed by atoms with Crippen LogP contribution in [-0.4, -0.2) is 47.9 Å². The zero-order chi connectivity index (χ0) is 25.1. The molecule has 0 aliphatic heterocycles. The summed E-state index contributed by atoms with van der Waals surface area (Å²) < 4.78 is 40.5. The highest BCUT2D eigenvalue weighted by atomic mass is 35.5. The van der Waals surface area contributed by atoms with Crippen LogP contribution in [0.15, 0.2) is 48.5 Å². The van der Waals surface area contributed by atoms with Crippen molar-refractivity contribution in [2.24, 2.45) is 0 Å². The standard InChI is InChI=1S/C24H28ClF3N2O4/c1-17(19-7-9-20(25)10-8-19)30(14-2-4-23(32)33)15-3-13-29-22(31)16-18-5-11-21(12-6-18)34-24(26,27)28/h5-12,17H,2-4,13-16H2,1H3,(H,29,31)(H,32,33). The maximum absolute atomic E-state index is 12.2. The highest BCUT2D eigenvalue weighted by molar-refractivity contribution is 6.30. The molecule has 0 bridgehead atoms. The van der Waals surface area contributed by atoms with Crippen molar-refractivity contribution in [2.45, 2.75) is 45.0 Å². The number of carboxylic acids is 1. The van der Waals surface area contributed by atoms with E-state index in [0.717, 1.165) is 5.56 Å². The summed E-state index contributed by atoms with van der Waals surface area (Å²) in [5, 5.41) is 12.4. The van der Waals surface area contributed by atoms with E-state index in [1.165, 1.54) is 24.3 Å². The predicted molar refractivity (Wildman–Crippen MR) is 123 cm³/mol. The minimum Gasteiger partial charge on any atom is -0.481 e. The van der Waals surface area contributed by atoms with Gasteiger partial charge in [0.05, 0.1) is 6.42 Å². The van der Waals surface area contributed by atoms with Crippen LogP contribution in [0.25, 0.3) is 0 Å². The molecule has 34 heavy (non-hydrogen) atoms. The Bertz CT molecular complexity index is 921. The van der Waals surface area contributed by atoms with Crippen LogP contribution in [0.5, 0.6) is 5.75 Å². The number of carbonyl (C=O) groups is 2. The van der Waals surface area contributed by atoms with Gasteiger partial charge in [-0.15, -0.1) is 13.2 Å². The summed E-state index contributed by atoms with van der Waals surface area (Å²) >= 11 is 5.97. The maximum atomic E-state index is 12.2. The Labute approximate surface area is 201 Å². The molecule has 1 atom stereocenters. The summed E-state index contributed by atoms with van der Waals surface area (Å²) in [6.45, 7) is 3.69. The van der Waals surface area contributed by atoms with Gasteiger partial charge >= 0.3 is 12.3 Å². The Hall–Kier alpha value is -2.78. The quantitative estimate of drug-likeness (QED) is 0.369. The van der Waals surface area contributed by atoms with E-state index in [2.05, 4.69) is 15.0 Å². The van der Waals surface area contributed by atoms with Crippen molar-refractivity contribution in [3.8, 4) is 5.75 Å².